The van der Waals surface area contributed by atoms with Crippen molar-refractivity contribution < 1.29 is 4.74 Å². The van der Waals surface area contributed by atoms with Crippen molar-refractivity contribution in [3.63, 3.8) is 0 Å². The Labute approximate surface area is 131 Å². The second kappa shape index (κ2) is 8.36. The average molecular weight is 354 g/mol. The standard InChI is InChI=1S/C14H16BrN3OS/c1-19-7-6-17-9-11-8-12(15)2-3-13(11)20-14-10-16-4-5-18-14/h2-5,8,10,17H,6-7,9H2,1H3. The first-order chi connectivity index (χ1) is 9.79. The van der Waals surface area contributed by atoms with E-state index in [0.29, 0.717) is 6.61 Å². The summed E-state index contributed by atoms with van der Waals surface area (Å²) in [4.78, 5) is 9.56. The normalized spacial score (nSPS) is 10.7. The van der Waals surface area contributed by atoms with Gasteiger partial charge in [0.1, 0.15) is 5.03 Å². The highest BCUT2D eigenvalue weighted by Gasteiger charge is 2.06. The van der Waals surface area contributed by atoms with E-state index >= 15 is 0 Å². The van der Waals surface area contributed by atoms with Crippen molar-refractivity contribution >= 4 is 27.7 Å². The number of benzene rings is 1. The summed E-state index contributed by atoms with van der Waals surface area (Å²) in [6.07, 6.45) is 5.16. The summed E-state index contributed by atoms with van der Waals surface area (Å²) in [6.45, 7) is 2.34. The fraction of sp³-hybridized carbons (Fsp3) is 0.286. The van der Waals surface area contributed by atoms with Gasteiger partial charge in [-0.3, -0.25) is 4.98 Å². The molecule has 0 radical (unpaired) electrons. The predicted octanol–water partition coefficient (Wildman–Crippen LogP) is 3.13. The third kappa shape index (κ3) is 4.86. The molecular formula is C14H16BrN3OS. The predicted molar refractivity (Wildman–Crippen MR) is 83.9 cm³/mol. The van der Waals surface area contributed by atoms with Gasteiger partial charge >= 0.3 is 0 Å². The van der Waals surface area contributed by atoms with Gasteiger partial charge in [0.05, 0.1) is 12.8 Å². The summed E-state index contributed by atoms with van der Waals surface area (Å²) in [5, 5.41) is 4.26. The van der Waals surface area contributed by atoms with Gasteiger partial charge in [-0.15, -0.1) is 0 Å². The minimum Gasteiger partial charge on any atom is -0.383 e. The maximum absolute atomic E-state index is 5.03. The Morgan fingerprint density at radius 2 is 2.25 bits per heavy atom. The zero-order valence-electron chi connectivity index (χ0n) is 11.2. The number of ether oxygens (including phenoxy) is 1. The molecule has 1 aromatic heterocycles. The minimum atomic E-state index is 0.709. The highest BCUT2D eigenvalue weighted by atomic mass is 79.9. The quantitative estimate of drug-likeness (QED) is 0.774. The maximum Gasteiger partial charge on any atom is 0.119 e. The highest BCUT2D eigenvalue weighted by Crippen LogP contribution is 2.30. The Bertz CT molecular complexity index is 539. The van der Waals surface area contributed by atoms with E-state index in [1.165, 1.54) is 10.5 Å². The number of halogens is 1. The van der Waals surface area contributed by atoms with E-state index in [4.69, 9.17) is 4.74 Å². The summed E-state index contributed by atoms with van der Waals surface area (Å²) in [5.41, 5.74) is 1.23. The molecule has 20 heavy (non-hydrogen) atoms. The van der Waals surface area contributed by atoms with E-state index in [1.54, 1.807) is 37.5 Å². The smallest absolute Gasteiger partial charge is 0.119 e. The molecule has 6 heteroatoms. The van der Waals surface area contributed by atoms with Gasteiger partial charge in [-0.1, -0.05) is 27.7 Å². The molecule has 0 fully saturated rings. The van der Waals surface area contributed by atoms with E-state index < -0.39 is 0 Å². The molecule has 0 bridgehead atoms. The van der Waals surface area contributed by atoms with Crippen LogP contribution in [0.1, 0.15) is 5.56 Å². The van der Waals surface area contributed by atoms with Gasteiger partial charge in [-0.2, -0.15) is 0 Å². The van der Waals surface area contributed by atoms with Crippen LogP contribution >= 0.6 is 27.7 Å². The average Bonchev–Trinajstić information content (AvgIpc) is 2.47. The Morgan fingerprint density at radius 1 is 1.35 bits per heavy atom. The third-order valence-corrected chi connectivity index (χ3v) is 4.11. The second-order valence-corrected chi connectivity index (χ2v) is 6.05. The highest BCUT2D eigenvalue weighted by molar-refractivity contribution is 9.10. The van der Waals surface area contributed by atoms with Gasteiger partial charge < -0.3 is 10.1 Å². The number of nitrogens with zero attached hydrogens (tertiary/aromatic N) is 2. The number of hydrogen-bond acceptors (Lipinski definition) is 5. The second-order valence-electron chi connectivity index (χ2n) is 4.07. The van der Waals surface area contributed by atoms with Crippen LogP contribution in [0.2, 0.25) is 0 Å². The molecule has 0 saturated carbocycles. The molecule has 0 atom stereocenters. The number of rotatable bonds is 7. The third-order valence-electron chi connectivity index (χ3n) is 2.57. The molecule has 2 aromatic rings. The van der Waals surface area contributed by atoms with Crippen LogP contribution in [0.3, 0.4) is 0 Å². The fourth-order valence-corrected chi connectivity index (χ4v) is 2.89. The summed E-state index contributed by atoms with van der Waals surface area (Å²) in [6, 6.07) is 6.26. The van der Waals surface area contributed by atoms with Crippen LogP contribution in [-0.2, 0) is 11.3 Å². The van der Waals surface area contributed by atoms with E-state index in [-0.39, 0.29) is 0 Å². The molecule has 0 amide bonds. The Hall–Kier alpha value is -0.950. The molecule has 0 unspecified atom stereocenters. The van der Waals surface area contributed by atoms with Crippen LogP contribution < -0.4 is 5.32 Å². The van der Waals surface area contributed by atoms with Crippen LogP contribution in [0.4, 0.5) is 0 Å². The van der Waals surface area contributed by atoms with Gasteiger partial charge in [-0.25, -0.2) is 4.98 Å². The topological polar surface area (TPSA) is 47.0 Å². The molecule has 106 valence electrons. The number of aromatic nitrogens is 2. The van der Waals surface area contributed by atoms with Gasteiger partial charge in [-0.05, 0) is 23.8 Å². The van der Waals surface area contributed by atoms with Crippen LogP contribution in [0.25, 0.3) is 0 Å². The van der Waals surface area contributed by atoms with Crippen molar-refractivity contribution in [3.8, 4) is 0 Å². The minimum absolute atomic E-state index is 0.709. The fourth-order valence-electron chi connectivity index (χ4n) is 1.63. The summed E-state index contributed by atoms with van der Waals surface area (Å²) >= 11 is 5.14. The molecule has 0 saturated heterocycles. The van der Waals surface area contributed by atoms with Gasteiger partial charge in [0.2, 0.25) is 0 Å². The van der Waals surface area contributed by atoms with E-state index in [2.05, 4.69) is 43.3 Å². The molecule has 2 rings (SSSR count). The number of methoxy groups -OCH3 is 1. The monoisotopic (exact) mass is 353 g/mol. The Balaban J connectivity index is 2.07. The van der Waals surface area contributed by atoms with Crippen molar-refractivity contribution in [2.75, 3.05) is 20.3 Å². The SMILES string of the molecule is COCCNCc1cc(Br)ccc1Sc1cnccn1. The molecule has 0 aliphatic rings. The summed E-state index contributed by atoms with van der Waals surface area (Å²) < 4.78 is 6.11. The lowest BCUT2D eigenvalue weighted by atomic mass is 10.2. The molecule has 0 aliphatic heterocycles. The van der Waals surface area contributed by atoms with Crippen molar-refractivity contribution in [1.29, 1.82) is 0 Å². The molecule has 1 aromatic carbocycles. The van der Waals surface area contributed by atoms with Crippen LogP contribution in [0, 0.1) is 0 Å². The van der Waals surface area contributed by atoms with Crippen LogP contribution in [0.15, 0.2) is 51.2 Å². The molecule has 0 spiro atoms. The van der Waals surface area contributed by atoms with Crippen LogP contribution in [0.5, 0.6) is 0 Å². The maximum atomic E-state index is 5.03. The lowest BCUT2D eigenvalue weighted by Crippen LogP contribution is -2.18. The van der Waals surface area contributed by atoms with Gasteiger partial charge in [0.15, 0.2) is 0 Å². The van der Waals surface area contributed by atoms with E-state index in [1.807, 2.05) is 6.07 Å². The van der Waals surface area contributed by atoms with Crippen molar-refractivity contribution in [3.05, 3.63) is 46.8 Å². The molecular weight excluding hydrogens is 338 g/mol. The summed E-state index contributed by atoms with van der Waals surface area (Å²) in [7, 11) is 1.70. The first-order valence-corrected chi connectivity index (χ1v) is 7.82. The largest absolute Gasteiger partial charge is 0.383 e. The zero-order valence-corrected chi connectivity index (χ0v) is 13.6. The lowest BCUT2D eigenvalue weighted by molar-refractivity contribution is 0.199. The lowest BCUT2D eigenvalue weighted by Gasteiger charge is -2.10. The zero-order chi connectivity index (χ0) is 14.2. The summed E-state index contributed by atoms with van der Waals surface area (Å²) in [5.74, 6) is 0. The van der Waals surface area contributed by atoms with E-state index in [9.17, 15) is 0 Å². The first kappa shape index (κ1) is 15.4. The molecule has 0 aliphatic carbocycles. The van der Waals surface area contributed by atoms with Crippen molar-refractivity contribution in [2.24, 2.45) is 0 Å². The number of nitrogens with one attached hydrogen (secondary N) is 1. The van der Waals surface area contributed by atoms with Gasteiger partial charge in [0, 0.05) is 42.0 Å². The Morgan fingerprint density at radius 3 is 3.00 bits per heavy atom. The van der Waals surface area contributed by atoms with E-state index in [0.717, 1.165) is 22.6 Å². The Kier molecular flexibility index (Phi) is 6.46. The molecule has 4 nitrogen and oxygen atoms in total. The van der Waals surface area contributed by atoms with Crippen molar-refractivity contribution in [2.45, 2.75) is 16.5 Å². The van der Waals surface area contributed by atoms with Gasteiger partial charge in [0.25, 0.3) is 0 Å². The van der Waals surface area contributed by atoms with Crippen molar-refractivity contribution in [1.82, 2.24) is 15.3 Å². The molecule has 1 heterocycles. The first-order valence-electron chi connectivity index (χ1n) is 6.21. The number of hydrogen-bond donors (Lipinski definition) is 1. The van der Waals surface area contributed by atoms with Crippen LogP contribution in [-0.4, -0.2) is 30.2 Å². The molecule has 1 N–H and O–H groups in total.